The second-order valence-electron chi connectivity index (χ2n) is 13.1. The molecule has 0 aliphatic heterocycles. The molecule has 9 nitrogen and oxygen atoms in total. The highest BCUT2D eigenvalue weighted by Gasteiger charge is 2.22. The molecule has 302 valence electrons. The number of unbranched alkanes of at least 4 members (excludes halogenated alkanes) is 9. The SMILES string of the molecule is CCCCCCCC/C=C\C/C=C\C/C=C\CCCC(=O)O[C@H](COC(=O)CCC/C=C\C/C=C\C/C=C\C/C=C\[C@@H](O)CCCC)COP(=O)(O)O. The lowest BCUT2D eigenvalue weighted by Gasteiger charge is -2.18. The molecule has 53 heavy (non-hydrogen) atoms. The van der Waals surface area contributed by atoms with Crippen LogP contribution in [-0.4, -0.2) is 52.3 Å². The molecule has 0 aliphatic carbocycles. The highest BCUT2D eigenvalue weighted by atomic mass is 31.2. The predicted molar refractivity (Wildman–Crippen MR) is 217 cm³/mol. The highest BCUT2D eigenvalue weighted by molar-refractivity contribution is 7.46. The third kappa shape index (κ3) is 40.2. The van der Waals surface area contributed by atoms with Crippen molar-refractivity contribution in [2.24, 2.45) is 0 Å². The van der Waals surface area contributed by atoms with Gasteiger partial charge in [-0.2, -0.15) is 0 Å². The van der Waals surface area contributed by atoms with Crippen molar-refractivity contribution in [2.45, 2.75) is 161 Å². The molecule has 0 saturated carbocycles. The maximum atomic E-state index is 12.4. The lowest BCUT2D eigenvalue weighted by atomic mass is 10.1. The first-order valence-electron chi connectivity index (χ1n) is 20.0. The predicted octanol–water partition coefficient (Wildman–Crippen LogP) is 11.0. The number of aliphatic hydroxyl groups excluding tert-OH is 1. The minimum atomic E-state index is -4.79. The number of carbonyl (C=O) groups is 2. The average molecular weight is 763 g/mol. The van der Waals surface area contributed by atoms with Crippen LogP contribution in [0.5, 0.6) is 0 Å². The molecular formula is C43H71O9P. The number of carbonyl (C=O) groups excluding carboxylic acids is 2. The number of aliphatic hydroxyl groups is 1. The van der Waals surface area contributed by atoms with E-state index in [-0.39, 0.29) is 25.6 Å². The molecule has 0 spiro atoms. The van der Waals surface area contributed by atoms with Gasteiger partial charge in [-0.1, -0.05) is 144 Å². The Kier molecular flexibility index (Phi) is 35.5. The van der Waals surface area contributed by atoms with E-state index in [1.807, 2.05) is 30.4 Å². The van der Waals surface area contributed by atoms with Crippen molar-refractivity contribution in [2.75, 3.05) is 13.2 Å². The van der Waals surface area contributed by atoms with Gasteiger partial charge < -0.3 is 24.4 Å². The van der Waals surface area contributed by atoms with E-state index in [4.69, 9.17) is 19.3 Å². The smallest absolute Gasteiger partial charge is 0.462 e. The van der Waals surface area contributed by atoms with E-state index in [9.17, 15) is 19.3 Å². The van der Waals surface area contributed by atoms with E-state index in [2.05, 4.69) is 73.1 Å². The monoisotopic (exact) mass is 762 g/mol. The van der Waals surface area contributed by atoms with E-state index in [0.717, 1.165) is 57.8 Å². The number of esters is 2. The van der Waals surface area contributed by atoms with Crippen LogP contribution in [0.1, 0.15) is 149 Å². The maximum absolute atomic E-state index is 12.4. The Bertz CT molecular complexity index is 1150. The Morgan fingerprint density at radius 3 is 1.55 bits per heavy atom. The summed E-state index contributed by atoms with van der Waals surface area (Å²) < 4.78 is 26.2. The summed E-state index contributed by atoms with van der Waals surface area (Å²) in [7, 11) is -4.79. The molecule has 0 fully saturated rings. The zero-order chi connectivity index (χ0) is 39.1. The second kappa shape index (κ2) is 37.5. The van der Waals surface area contributed by atoms with E-state index in [1.165, 1.54) is 38.5 Å². The number of ether oxygens (including phenoxy) is 2. The molecule has 0 aliphatic rings. The summed E-state index contributed by atoms with van der Waals surface area (Å²) in [4.78, 5) is 42.7. The van der Waals surface area contributed by atoms with Gasteiger partial charge in [0.15, 0.2) is 6.10 Å². The Balaban J connectivity index is 4.18. The Labute approximate surface area is 321 Å². The quantitative estimate of drug-likeness (QED) is 0.0249. The second-order valence-corrected chi connectivity index (χ2v) is 14.3. The van der Waals surface area contributed by atoms with Crippen LogP contribution in [0.4, 0.5) is 0 Å². The summed E-state index contributed by atoms with van der Waals surface area (Å²) in [5.74, 6) is -1.04. The Hall–Kier alpha value is -2.81. The van der Waals surface area contributed by atoms with Crippen molar-refractivity contribution in [3.8, 4) is 0 Å². The zero-order valence-corrected chi connectivity index (χ0v) is 33.6. The van der Waals surface area contributed by atoms with Gasteiger partial charge in [-0.25, -0.2) is 4.57 Å². The third-order valence-corrected chi connectivity index (χ3v) is 8.44. The van der Waals surface area contributed by atoms with E-state index < -0.39 is 32.5 Å². The number of phosphoric acid groups is 1. The van der Waals surface area contributed by atoms with Crippen molar-refractivity contribution in [3.05, 3.63) is 85.1 Å². The fraction of sp³-hybridized carbons (Fsp3) is 0.628. The summed E-state index contributed by atoms with van der Waals surface area (Å²) in [5, 5.41) is 9.78. The molecule has 2 atom stereocenters. The summed E-state index contributed by atoms with van der Waals surface area (Å²) in [5.41, 5.74) is 0. The molecule has 0 aromatic carbocycles. The standard InChI is InChI=1S/C43H71O9P/c1-3-5-7-8-9-10-11-12-13-14-15-16-21-24-27-30-33-37-43(46)52-41(39-51-53(47,48)49)38-50-42(45)36-32-29-26-23-20-18-17-19-22-25-28-31-35-40(44)34-6-4-2/h12-13,15-18,22-27,31,35,40-41,44H,3-11,14,19-21,28-30,32-34,36-39H2,1-2H3,(H2,47,48,49)/b13-12-,16-15-,18-17-,25-22-,26-23-,27-24-,35-31-/t40-,41+/m0/s1. The maximum Gasteiger partial charge on any atom is 0.469 e. The van der Waals surface area contributed by atoms with Gasteiger partial charge in [0.2, 0.25) is 0 Å². The van der Waals surface area contributed by atoms with Gasteiger partial charge in [0.1, 0.15) is 6.61 Å². The Morgan fingerprint density at radius 2 is 1.02 bits per heavy atom. The van der Waals surface area contributed by atoms with Crippen molar-refractivity contribution in [1.29, 1.82) is 0 Å². The summed E-state index contributed by atoms with van der Waals surface area (Å²) in [6.07, 6.45) is 46.5. The van der Waals surface area contributed by atoms with E-state index in [1.54, 1.807) is 0 Å². The summed E-state index contributed by atoms with van der Waals surface area (Å²) >= 11 is 0. The van der Waals surface area contributed by atoms with Gasteiger partial charge >= 0.3 is 19.8 Å². The number of allylic oxidation sites excluding steroid dienone is 13. The minimum Gasteiger partial charge on any atom is -0.462 e. The van der Waals surface area contributed by atoms with Gasteiger partial charge in [-0.15, -0.1) is 0 Å². The van der Waals surface area contributed by atoms with Gasteiger partial charge in [-0.05, 0) is 77.0 Å². The van der Waals surface area contributed by atoms with Crippen molar-refractivity contribution in [1.82, 2.24) is 0 Å². The van der Waals surface area contributed by atoms with Crippen molar-refractivity contribution in [3.63, 3.8) is 0 Å². The molecule has 3 N–H and O–H groups in total. The van der Waals surface area contributed by atoms with Crippen LogP contribution in [0.15, 0.2) is 85.1 Å². The summed E-state index contributed by atoms with van der Waals surface area (Å²) in [6, 6.07) is 0. The van der Waals surface area contributed by atoms with Crippen LogP contribution in [0.25, 0.3) is 0 Å². The van der Waals surface area contributed by atoms with Gasteiger partial charge in [-0.3, -0.25) is 14.1 Å². The fourth-order valence-electron chi connectivity index (χ4n) is 4.93. The molecule has 0 bridgehead atoms. The van der Waals surface area contributed by atoms with Gasteiger partial charge in [0, 0.05) is 12.8 Å². The molecule has 0 heterocycles. The summed E-state index contributed by atoms with van der Waals surface area (Å²) in [6.45, 7) is 3.41. The molecule has 0 aromatic heterocycles. The fourth-order valence-corrected chi connectivity index (χ4v) is 5.29. The molecule has 0 radical (unpaired) electrons. The molecule has 0 unspecified atom stereocenters. The largest absolute Gasteiger partial charge is 0.469 e. The zero-order valence-electron chi connectivity index (χ0n) is 32.7. The van der Waals surface area contributed by atoms with Crippen LogP contribution in [0, 0.1) is 0 Å². The first kappa shape index (κ1) is 50.2. The number of phosphoric ester groups is 1. The van der Waals surface area contributed by atoms with Crippen molar-refractivity contribution >= 4 is 19.8 Å². The van der Waals surface area contributed by atoms with Crippen LogP contribution in [0.2, 0.25) is 0 Å². The van der Waals surface area contributed by atoms with Crippen LogP contribution >= 0.6 is 7.82 Å². The van der Waals surface area contributed by atoms with E-state index in [0.29, 0.717) is 25.7 Å². The lowest BCUT2D eigenvalue weighted by Crippen LogP contribution is -2.29. The molecule has 0 rings (SSSR count). The van der Waals surface area contributed by atoms with Crippen LogP contribution in [-0.2, 0) is 28.2 Å². The average Bonchev–Trinajstić information content (AvgIpc) is 3.12. The van der Waals surface area contributed by atoms with Crippen LogP contribution in [0.3, 0.4) is 0 Å². The van der Waals surface area contributed by atoms with Gasteiger partial charge in [0.25, 0.3) is 0 Å². The van der Waals surface area contributed by atoms with E-state index >= 15 is 0 Å². The molecule has 10 heteroatoms. The molecule has 0 aromatic rings. The third-order valence-electron chi connectivity index (χ3n) is 7.96. The lowest BCUT2D eigenvalue weighted by molar-refractivity contribution is -0.161. The normalized spacial score (nSPS) is 14.0. The Morgan fingerprint density at radius 1 is 0.566 bits per heavy atom. The number of rotatable bonds is 35. The highest BCUT2D eigenvalue weighted by Crippen LogP contribution is 2.35. The molecule has 0 amide bonds. The van der Waals surface area contributed by atoms with Gasteiger partial charge in [0.05, 0.1) is 12.7 Å². The first-order chi connectivity index (χ1) is 25.7. The molecule has 0 saturated heterocycles. The molecular weight excluding hydrogens is 691 g/mol. The van der Waals surface area contributed by atoms with Crippen molar-refractivity contribution < 1.29 is 43.0 Å². The first-order valence-corrected chi connectivity index (χ1v) is 21.5. The number of hydrogen-bond acceptors (Lipinski definition) is 7. The topological polar surface area (TPSA) is 140 Å². The number of hydrogen-bond donors (Lipinski definition) is 3. The minimum absolute atomic E-state index is 0.116. The van der Waals surface area contributed by atoms with Crippen LogP contribution < -0.4 is 0 Å².